The number of amides is 2. The smallest absolute Gasteiger partial charge is 0.355 e. The molecule has 1 aliphatic carbocycles. The van der Waals surface area contributed by atoms with E-state index < -0.39 is 5.97 Å². The van der Waals surface area contributed by atoms with Gasteiger partial charge in [0.15, 0.2) is 5.69 Å². The van der Waals surface area contributed by atoms with E-state index in [1.165, 1.54) is 42.4 Å². The molecular formula is C13H19N3O3S. The topological polar surface area (TPSA) is 91.3 Å². The predicted molar refractivity (Wildman–Crippen MR) is 75.9 cm³/mol. The summed E-state index contributed by atoms with van der Waals surface area (Å²) < 4.78 is 0. The third kappa shape index (κ3) is 4.48. The number of urea groups is 1. The highest BCUT2D eigenvalue weighted by molar-refractivity contribution is 7.09. The zero-order valence-corrected chi connectivity index (χ0v) is 12.0. The standard InChI is InChI=1S/C13H19N3O3S/c17-12(18)10-8-20-11(16-10)7-14-13(19)15-9-5-3-1-2-4-6-9/h8-9H,1-7H2,(H,17,18)(H2,14,15,19). The molecule has 1 aromatic heterocycles. The Bertz CT molecular complexity index is 467. The monoisotopic (exact) mass is 297 g/mol. The minimum absolute atomic E-state index is 0.0241. The Morgan fingerprint density at radius 3 is 2.60 bits per heavy atom. The first-order valence-corrected chi connectivity index (χ1v) is 7.75. The molecule has 3 N–H and O–H groups in total. The lowest BCUT2D eigenvalue weighted by molar-refractivity contribution is 0.0691. The van der Waals surface area contributed by atoms with Crippen molar-refractivity contribution in [2.45, 2.75) is 51.1 Å². The van der Waals surface area contributed by atoms with E-state index in [4.69, 9.17) is 5.11 Å². The Hall–Kier alpha value is -1.63. The van der Waals surface area contributed by atoms with Gasteiger partial charge in [-0.1, -0.05) is 25.7 Å². The lowest BCUT2D eigenvalue weighted by atomic mass is 10.1. The number of aromatic carboxylic acids is 1. The minimum atomic E-state index is -1.05. The van der Waals surface area contributed by atoms with Gasteiger partial charge in [0, 0.05) is 11.4 Å². The van der Waals surface area contributed by atoms with Crippen LogP contribution in [0.15, 0.2) is 5.38 Å². The van der Waals surface area contributed by atoms with E-state index >= 15 is 0 Å². The van der Waals surface area contributed by atoms with Gasteiger partial charge < -0.3 is 15.7 Å². The fourth-order valence-electron chi connectivity index (χ4n) is 2.31. The van der Waals surface area contributed by atoms with Crippen LogP contribution in [-0.4, -0.2) is 28.1 Å². The maximum atomic E-state index is 11.8. The highest BCUT2D eigenvalue weighted by Gasteiger charge is 2.15. The predicted octanol–water partition coefficient (Wildman–Crippen LogP) is 2.36. The summed E-state index contributed by atoms with van der Waals surface area (Å²) in [5.74, 6) is -1.05. The SMILES string of the molecule is O=C(NCc1nc(C(=O)O)cs1)NC1CCCCCC1. The molecule has 1 aromatic rings. The van der Waals surface area contributed by atoms with Crippen molar-refractivity contribution in [1.29, 1.82) is 0 Å². The molecule has 0 bridgehead atoms. The van der Waals surface area contributed by atoms with Gasteiger partial charge in [-0.2, -0.15) is 0 Å². The number of aromatic nitrogens is 1. The maximum Gasteiger partial charge on any atom is 0.355 e. The number of carboxylic acid groups (broad SMARTS) is 1. The number of hydrogen-bond donors (Lipinski definition) is 3. The fraction of sp³-hybridized carbons (Fsp3) is 0.615. The average Bonchev–Trinajstić information content (AvgIpc) is 2.75. The Kier molecular flexibility index (Phi) is 5.34. The van der Waals surface area contributed by atoms with Crippen LogP contribution in [0.5, 0.6) is 0 Å². The molecule has 6 nitrogen and oxygen atoms in total. The Morgan fingerprint density at radius 1 is 1.30 bits per heavy atom. The van der Waals surface area contributed by atoms with E-state index in [9.17, 15) is 9.59 Å². The number of nitrogens with zero attached hydrogens (tertiary/aromatic N) is 1. The lowest BCUT2D eigenvalue weighted by Crippen LogP contribution is -2.41. The quantitative estimate of drug-likeness (QED) is 0.744. The number of carbonyl (C=O) groups excluding carboxylic acids is 1. The molecule has 0 radical (unpaired) electrons. The van der Waals surface area contributed by atoms with E-state index in [-0.39, 0.29) is 24.3 Å². The molecule has 0 atom stereocenters. The number of thiazole rings is 1. The molecule has 1 heterocycles. The highest BCUT2D eigenvalue weighted by atomic mass is 32.1. The molecular weight excluding hydrogens is 278 g/mol. The number of nitrogens with one attached hydrogen (secondary N) is 2. The maximum absolute atomic E-state index is 11.8. The van der Waals surface area contributed by atoms with E-state index in [1.807, 2.05) is 0 Å². The Morgan fingerprint density at radius 2 is 2.00 bits per heavy atom. The molecule has 1 fully saturated rings. The van der Waals surface area contributed by atoms with Crippen LogP contribution in [0.1, 0.15) is 54.0 Å². The number of carboxylic acids is 1. The van der Waals surface area contributed by atoms with Gasteiger partial charge in [-0.15, -0.1) is 11.3 Å². The molecule has 0 unspecified atom stereocenters. The molecule has 0 spiro atoms. The number of rotatable bonds is 4. The normalized spacial score (nSPS) is 16.4. The summed E-state index contributed by atoms with van der Waals surface area (Å²) in [7, 11) is 0. The third-order valence-corrected chi connectivity index (χ3v) is 4.21. The van der Waals surface area contributed by atoms with Crippen LogP contribution in [0.3, 0.4) is 0 Å². The van der Waals surface area contributed by atoms with Crippen LogP contribution in [0.2, 0.25) is 0 Å². The second-order valence-corrected chi connectivity index (χ2v) is 5.89. The van der Waals surface area contributed by atoms with Crippen molar-refractivity contribution in [2.75, 3.05) is 0 Å². The molecule has 0 saturated heterocycles. The van der Waals surface area contributed by atoms with Crippen LogP contribution in [0.4, 0.5) is 4.79 Å². The van der Waals surface area contributed by atoms with Crippen molar-refractivity contribution >= 4 is 23.3 Å². The highest BCUT2D eigenvalue weighted by Crippen LogP contribution is 2.17. The summed E-state index contributed by atoms with van der Waals surface area (Å²) >= 11 is 1.23. The van der Waals surface area contributed by atoms with Crippen LogP contribution in [0, 0.1) is 0 Å². The van der Waals surface area contributed by atoms with Crippen LogP contribution in [0.25, 0.3) is 0 Å². The summed E-state index contributed by atoms with van der Waals surface area (Å²) in [4.78, 5) is 26.4. The molecule has 7 heteroatoms. The van der Waals surface area contributed by atoms with Crippen molar-refractivity contribution in [2.24, 2.45) is 0 Å². The van der Waals surface area contributed by atoms with Crippen molar-refractivity contribution < 1.29 is 14.7 Å². The van der Waals surface area contributed by atoms with E-state index in [0.29, 0.717) is 5.01 Å². The summed E-state index contributed by atoms with van der Waals surface area (Å²) in [5, 5.41) is 16.5. The minimum Gasteiger partial charge on any atom is -0.476 e. The summed E-state index contributed by atoms with van der Waals surface area (Å²) in [6.07, 6.45) is 6.90. The van der Waals surface area contributed by atoms with E-state index in [0.717, 1.165) is 12.8 Å². The zero-order chi connectivity index (χ0) is 14.4. The first-order chi connectivity index (χ1) is 9.65. The third-order valence-electron chi connectivity index (χ3n) is 3.36. The second kappa shape index (κ2) is 7.23. The van der Waals surface area contributed by atoms with Gasteiger partial charge in [-0.3, -0.25) is 0 Å². The van der Waals surface area contributed by atoms with Crippen LogP contribution >= 0.6 is 11.3 Å². The van der Waals surface area contributed by atoms with Crippen molar-refractivity contribution in [3.8, 4) is 0 Å². The molecule has 2 rings (SSSR count). The zero-order valence-electron chi connectivity index (χ0n) is 11.2. The molecule has 2 amide bonds. The molecule has 110 valence electrons. The van der Waals surface area contributed by atoms with E-state index in [2.05, 4.69) is 15.6 Å². The average molecular weight is 297 g/mol. The summed E-state index contributed by atoms with van der Waals surface area (Å²) in [6, 6.07) is 0.0485. The van der Waals surface area contributed by atoms with Gasteiger partial charge >= 0.3 is 12.0 Å². The second-order valence-electron chi connectivity index (χ2n) is 4.95. The van der Waals surface area contributed by atoms with Gasteiger partial charge in [-0.05, 0) is 12.8 Å². The largest absolute Gasteiger partial charge is 0.476 e. The fourth-order valence-corrected chi connectivity index (χ4v) is 3.01. The van der Waals surface area contributed by atoms with Gasteiger partial charge in [0.25, 0.3) is 0 Å². The molecule has 20 heavy (non-hydrogen) atoms. The molecule has 1 aliphatic rings. The van der Waals surface area contributed by atoms with E-state index in [1.54, 1.807) is 0 Å². The van der Waals surface area contributed by atoms with Crippen LogP contribution in [-0.2, 0) is 6.54 Å². The molecule has 0 aromatic carbocycles. The van der Waals surface area contributed by atoms with Gasteiger partial charge in [0.05, 0.1) is 6.54 Å². The summed E-state index contributed by atoms with van der Waals surface area (Å²) in [6.45, 7) is 0.260. The van der Waals surface area contributed by atoms with Crippen molar-refractivity contribution in [3.63, 3.8) is 0 Å². The van der Waals surface area contributed by atoms with Gasteiger partial charge in [0.2, 0.25) is 0 Å². The first kappa shape index (κ1) is 14.8. The van der Waals surface area contributed by atoms with Crippen LogP contribution < -0.4 is 10.6 Å². The number of carbonyl (C=O) groups is 2. The first-order valence-electron chi connectivity index (χ1n) is 6.87. The van der Waals surface area contributed by atoms with Crippen molar-refractivity contribution in [3.05, 3.63) is 16.1 Å². The van der Waals surface area contributed by atoms with Crippen molar-refractivity contribution in [1.82, 2.24) is 15.6 Å². The molecule has 1 saturated carbocycles. The Labute approximate surface area is 121 Å². The Balaban J connectivity index is 1.74. The van der Waals surface area contributed by atoms with Gasteiger partial charge in [-0.25, -0.2) is 14.6 Å². The summed E-state index contributed by atoms with van der Waals surface area (Å²) in [5.41, 5.74) is 0.0241. The van der Waals surface area contributed by atoms with Gasteiger partial charge in [0.1, 0.15) is 5.01 Å². The molecule has 0 aliphatic heterocycles. The number of hydrogen-bond acceptors (Lipinski definition) is 4. The lowest BCUT2D eigenvalue weighted by Gasteiger charge is -2.16.